The standard InChI is InChI=1S/C23H15ClF5NO2/c24-17-10-14(13-4-7-15(8-5-13)23(27,28)29)6-9-20(17)31-11-16-12-32-22(30-16)21-18(25)2-1-3-19(21)26/h1-10,16H,11-12H2. The zero-order valence-electron chi connectivity index (χ0n) is 16.3. The van der Waals surface area contributed by atoms with Gasteiger partial charge in [-0.05, 0) is 47.5 Å². The SMILES string of the molecule is Fc1cccc(F)c1C1=NC(COc2ccc(-c3ccc(C(F)(F)F)cc3)cc2Cl)CO1. The third kappa shape index (κ3) is 4.70. The summed E-state index contributed by atoms with van der Waals surface area (Å²) in [4.78, 5) is 4.17. The molecule has 166 valence electrons. The molecular weight excluding hydrogens is 453 g/mol. The van der Waals surface area contributed by atoms with Crippen LogP contribution in [0.25, 0.3) is 11.1 Å². The van der Waals surface area contributed by atoms with E-state index < -0.39 is 29.4 Å². The van der Waals surface area contributed by atoms with Crippen LogP contribution in [-0.2, 0) is 10.9 Å². The van der Waals surface area contributed by atoms with E-state index in [0.717, 1.165) is 24.3 Å². The maximum atomic E-state index is 13.9. The largest absolute Gasteiger partial charge is 0.490 e. The first-order valence-electron chi connectivity index (χ1n) is 9.47. The van der Waals surface area contributed by atoms with E-state index in [2.05, 4.69) is 4.99 Å². The van der Waals surface area contributed by atoms with Gasteiger partial charge in [0.1, 0.15) is 42.2 Å². The third-order valence-electron chi connectivity index (χ3n) is 4.80. The summed E-state index contributed by atoms with van der Waals surface area (Å²) in [6, 6.07) is 12.6. The number of hydrogen-bond donors (Lipinski definition) is 0. The van der Waals surface area contributed by atoms with Gasteiger partial charge in [0.15, 0.2) is 0 Å². The van der Waals surface area contributed by atoms with E-state index in [4.69, 9.17) is 21.1 Å². The summed E-state index contributed by atoms with van der Waals surface area (Å²) in [6.07, 6.45) is -4.40. The lowest BCUT2D eigenvalue weighted by molar-refractivity contribution is -0.137. The maximum Gasteiger partial charge on any atom is 0.416 e. The van der Waals surface area contributed by atoms with Crippen molar-refractivity contribution in [2.45, 2.75) is 12.2 Å². The van der Waals surface area contributed by atoms with Crippen molar-refractivity contribution >= 4 is 17.5 Å². The molecule has 3 aromatic carbocycles. The quantitative estimate of drug-likeness (QED) is 0.399. The predicted molar refractivity (Wildman–Crippen MR) is 110 cm³/mol. The molecule has 1 unspecified atom stereocenters. The zero-order chi connectivity index (χ0) is 22.9. The molecule has 9 heteroatoms. The summed E-state index contributed by atoms with van der Waals surface area (Å²) in [7, 11) is 0. The van der Waals surface area contributed by atoms with Crippen LogP contribution in [0.3, 0.4) is 0 Å². The van der Waals surface area contributed by atoms with Gasteiger partial charge in [-0.15, -0.1) is 0 Å². The smallest absolute Gasteiger partial charge is 0.416 e. The van der Waals surface area contributed by atoms with Crippen LogP contribution in [0.1, 0.15) is 11.1 Å². The minimum absolute atomic E-state index is 0.0545. The monoisotopic (exact) mass is 467 g/mol. The molecule has 0 amide bonds. The normalized spacial score (nSPS) is 15.9. The van der Waals surface area contributed by atoms with Crippen molar-refractivity contribution in [1.82, 2.24) is 0 Å². The Kier molecular flexibility index (Phi) is 6.06. The molecule has 0 bridgehead atoms. The summed E-state index contributed by atoms with van der Waals surface area (Å²) >= 11 is 6.26. The molecule has 0 saturated carbocycles. The molecule has 4 rings (SSSR count). The van der Waals surface area contributed by atoms with E-state index in [9.17, 15) is 22.0 Å². The van der Waals surface area contributed by atoms with Gasteiger partial charge in [0.2, 0.25) is 5.90 Å². The Morgan fingerprint density at radius 1 is 0.969 bits per heavy atom. The number of benzene rings is 3. The van der Waals surface area contributed by atoms with Gasteiger partial charge in [-0.3, -0.25) is 0 Å². The fourth-order valence-electron chi connectivity index (χ4n) is 3.17. The van der Waals surface area contributed by atoms with E-state index in [0.29, 0.717) is 16.9 Å². The van der Waals surface area contributed by atoms with Gasteiger partial charge >= 0.3 is 6.18 Å². The average Bonchev–Trinajstić information content (AvgIpc) is 3.21. The minimum atomic E-state index is -4.40. The molecule has 0 saturated heterocycles. The average molecular weight is 468 g/mol. The number of hydrogen-bond acceptors (Lipinski definition) is 3. The second-order valence-electron chi connectivity index (χ2n) is 7.03. The number of halogens is 6. The minimum Gasteiger partial charge on any atom is -0.490 e. The predicted octanol–water partition coefficient (Wildman–Crippen LogP) is 6.53. The third-order valence-corrected chi connectivity index (χ3v) is 5.09. The number of rotatable bonds is 5. The van der Waals surface area contributed by atoms with Crippen LogP contribution in [0.15, 0.2) is 65.7 Å². The van der Waals surface area contributed by atoms with Crippen molar-refractivity contribution in [2.24, 2.45) is 4.99 Å². The first-order valence-corrected chi connectivity index (χ1v) is 9.85. The van der Waals surface area contributed by atoms with Gasteiger partial charge < -0.3 is 9.47 Å². The van der Waals surface area contributed by atoms with E-state index in [1.165, 1.54) is 18.2 Å². The fourth-order valence-corrected chi connectivity index (χ4v) is 3.41. The van der Waals surface area contributed by atoms with Gasteiger partial charge in [-0.25, -0.2) is 13.8 Å². The van der Waals surface area contributed by atoms with Gasteiger partial charge in [-0.1, -0.05) is 35.9 Å². The molecule has 1 aliphatic heterocycles. The number of alkyl halides is 3. The Balaban J connectivity index is 1.43. The maximum absolute atomic E-state index is 13.9. The van der Waals surface area contributed by atoms with Crippen molar-refractivity contribution in [3.63, 3.8) is 0 Å². The first kappa shape index (κ1) is 22.1. The molecule has 3 aromatic rings. The molecule has 1 heterocycles. The lowest BCUT2D eigenvalue weighted by Gasteiger charge is -2.12. The summed E-state index contributed by atoms with van der Waals surface area (Å²) in [5, 5.41) is 0.255. The summed E-state index contributed by atoms with van der Waals surface area (Å²) in [5.74, 6) is -1.33. The Morgan fingerprint density at radius 3 is 2.25 bits per heavy atom. The highest BCUT2D eigenvalue weighted by Gasteiger charge is 2.30. The molecular formula is C23H15ClF5NO2. The van der Waals surface area contributed by atoms with Crippen molar-refractivity contribution in [2.75, 3.05) is 13.2 Å². The molecule has 1 atom stereocenters. The van der Waals surface area contributed by atoms with Gasteiger partial charge in [-0.2, -0.15) is 13.2 Å². The summed E-state index contributed by atoms with van der Waals surface area (Å²) in [5.41, 5.74) is 0.127. The molecule has 32 heavy (non-hydrogen) atoms. The number of aliphatic imine (C=N–C) groups is 1. The Bertz CT molecular complexity index is 1140. The van der Waals surface area contributed by atoms with Crippen LogP contribution in [0.2, 0.25) is 5.02 Å². The van der Waals surface area contributed by atoms with Crippen LogP contribution in [-0.4, -0.2) is 25.2 Å². The van der Waals surface area contributed by atoms with E-state index in [1.54, 1.807) is 18.2 Å². The molecule has 0 N–H and O–H groups in total. The van der Waals surface area contributed by atoms with Crippen LogP contribution < -0.4 is 4.74 Å². The summed E-state index contributed by atoms with van der Waals surface area (Å²) < 4.78 is 76.9. The number of ether oxygens (including phenoxy) is 2. The highest BCUT2D eigenvalue weighted by molar-refractivity contribution is 6.32. The molecule has 0 spiro atoms. The molecule has 0 aliphatic carbocycles. The summed E-state index contributed by atoms with van der Waals surface area (Å²) in [6.45, 7) is 0.142. The van der Waals surface area contributed by atoms with Gasteiger partial charge in [0, 0.05) is 0 Å². The lowest BCUT2D eigenvalue weighted by Crippen LogP contribution is -2.17. The molecule has 0 aromatic heterocycles. The fraction of sp³-hybridized carbons (Fsp3) is 0.174. The van der Waals surface area contributed by atoms with Crippen molar-refractivity contribution in [3.05, 3.63) is 88.4 Å². The van der Waals surface area contributed by atoms with E-state index >= 15 is 0 Å². The Hall–Kier alpha value is -3.13. The van der Waals surface area contributed by atoms with E-state index in [1.807, 2.05) is 0 Å². The second kappa shape index (κ2) is 8.78. The van der Waals surface area contributed by atoms with Gasteiger partial charge in [0.05, 0.1) is 10.6 Å². The molecule has 0 radical (unpaired) electrons. The highest BCUT2D eigenvalue weighted by Crippen LogP contribution is 2.34. The van der Waals surface area contributed by atoms with Crippen LogP contribution >= 0.6 is 11.6 Å². The lowest BCUT2D eigenvalue weighted by atomic mass is 10.0. The van der Waals surface area contributed by atoms with Crippen molar-refractivity contribution in [3.8, 4) is 16.9 Å². The topological polar surface area (TPSA) is 30.8 Å². The zero-order valence-corrected chi connectivity index (χ0v) is 17.1. The van der Waals surface area contributed by atoms with Gasteiger partial charge in [0.25, 0.3) is 0 Å². The second-order valence-corrected chi connectivity index (χ2v) is 7.43. The Labute approximate surface area is 185 Å². The van der Waals surface area contributed by atoms with Crippen molar-refractivity contribution < 1.29 is 31.4 Å². The highest BCUT2D eigenvalue weighted by atomic mass is 35.5. The van der Waals surface area contributed by atoms with Crippen LogP contribution in [0, 0.1) is 11.6 Å². The van der Waals surface area contributed by atoms with Crippen LogP contribution in [0.4, 0.5) is 22.0 Å². The van der Waals surface area contributed by atoms with E-state index in [-0.39, 0.29) is 29.7 Å². The molecule has 1 aliphatic rings. The molecule has 0 fully saturated rings. The number of nitrogens with zero attached hydrogens (tertiary/aromatic N) is 1. The van der Waals surface area contributed by atoms with Crippen LogP contribution in [0.5, 0.6) is 5.75 Å². The Morgan fingerprint density at radius 2 is 1.62 bits per heavy atom. The first-order chi connectivity index (χ1) is 15.2. The van der Waals surface area contributed by atoms with Crippen molar-refractivity contribution in [1.29, 1.82) is 0 Å². The molecule has 3 nitrogen and oxygen atoms in total.